The average Bonchev–Trinajstić information content (AvgIpc) is 2.30. The highest BCUT2D eigenvalue weighted by Crippen LogP contribution is 2.16. The monoisotopic (exact) mass is 193 g/mol. The van der Waals surface area contributed by atoms with Crippen molar-refractivity contribution >= 4 is 5.69 Å². The maximum atomic E-state index is 9.00. The van der Waals surface area contributed by atoms with Crippen LogP contribution in [0.2, 0.25) is 0 Å². The fourth-order valence-electron chi connectivity index (χ4n) is 1.70. The number of ether oxygens (including phenoxy) is 1. The molecule has 1 atom stereocenters. The third-order valence-electron chi connectivity index (χ3n) is 2.46. The van der Waals surface area contributed by atoms with Crippen LogP contribution < -0.4 is 4.90 Å². The zero-order valence-corrected chi connectivity index (χ0v) is 8.10. The molecule has 0 aliphatic carbocycles. The Kier molecular flexibility index (Phi) is 3.01. The van der Waals surface area contributed by atoms with Gasteiger partial charge in [0.25, 0.3) is 0 Å². The van der Waals surface area contributed by atoms with Crippen molar-refractivity contribution in [1.82, 2.24) is 0 Å². The highest BCUT2D eigenvalue weighted by Gasteiger charge is 2.19. The molecule has 3 nitrogen and oxygen atoms in total. The van der Waals surface area contributed by atoms with Gasteiger partial charge in [0.15, 0.2) is 0 Å². The van der Waals surface area contributed by atoms with Gasteiger partial charge in [0, 0.05) is 18.8 Å². The molecule has 1 saturated heterocycles. The van der Waals surface area contributed by atoms with Crippen molar-refractivity contribution in [2.45, 2.75) is 6.10 Å². The number of hydrogen-bond donors (Lipinski definition) is 1. The molecule has 1 aliphatic rings. The van der Waals surface area contributed by atoms with Crippen molar-refractivity contribution in [3.8, 4) is 0 Å². The Labute approximate surface area is 83.9 Å². The number of hydrogen-bond acceptors (Lipinski definition) is 3. The van der Waals surface area contributed by atoms with E-state index in [2.05, 4.69) is 17.0 Å². The molecule has 3 heteroatoms. The predicted molar refractivity (Wildman–Crippen MR) is 55.5 cm³/mol. The van der Waals surface area contributed by atoms with Crippen LogP contribution in [-0.2, 0) is 4.74 Å². The Morgan fingerprint density at radius 1 is 1.36 bits per heavy atom. The van der Waals surface area contributed by atoms with E-state index >= 15 is 0 Å². The van der Waals surface area contributed by atoms with Crippen molar-refractivity contribution in [3.63, 3.8) is 0 Å². The number of morpholine rings is 1. The van der Waals surface area contributed by atoms with Crippen molar-refractivity contribution in [1.29, 1.82) is 0 Å². The van der Waals surface area contributed by atoms with E-state index in [1.54, 1.807) is 0 Å². The zero-order valence-electron chi connectivity index (χ0n) is 8.10. The number of nitrogens with zero attached hydrogens (tertiary/aromatic N) is 1. The molecule has 76 valence electrons. The SMILES string of the molecule is OCC1CN(c2ccccc2)CCO1. The molecule has 0 aromatic heterocycles. The predicted octanol–water partition coefficient (Wildman–Crippen LogP) is 0.884. The van der Waals surface area contributed by atoms with Crippen LogP contribution in [0.25, 0.3) is 0 Å². The lowest BCUT2D eigenvalue weighted by Crippen LogP contribution is -2.44. The average molecular weight is 193 g/mol. The summed E-state index contributed by atoms with van der Waals surface area (Å²) in [4.78, 5) is 2.24. The van der Waals surface area contributed by atoms with Crippen LogP contribution in [-0.4, -0.2) is 37.5 Å². The fourth-order valence-corrected chi connectivity index (χ4v) is 1.70. The van der Waals surface area contributed by atoms with E-state index in [1.165, 1.54) is 5.69 Å². The largest absolute Gasteiger partial charge is 0.394 e. The summed E-state index contributed by atoms with van der Waals surface area (Å²) in [6.07, 6.45) is -0.0380. The van der Waals surface area contributed by atoms with Crippen LogP contribution in [0.5, 0.6) is 0 Å². The highest BCUT2D eigenvalue weighted by atomic mass is 16.5. The Hall–Kier alpha value is -1.06. The van der Waals surface area contributed by atoms with E-state index in [-0.39, 0.29) is 12.7 Å². The van der Waals surface area contributed by atoms with Gasteiger partial charge in [0.05, 0.1) is 19.3 Å². The number of para-hydroxylation sites is 1. The first-order valence-corrected chi connectivity index (χ1v) is 4.92. The fraction of sp³-hybridized carbons (Fsp3) is 0.455. The summed E-state index contributed by atoms with van der Waals surface area (Å²) >= 11 is 0. The van der Waals surface area contributed by atoms with E-state index in [4.69, 9.17) is 9.84 Å². The minimum Gasteiger partial charge on any atom is -0.394 e. The van der Waals surface area contributed by atoms with E-state index in [9.17, 15) is 0 Å². The highest BCUT2D eigenvalue weighted by molar-refractivity contribution is 5.46. The van der Waals surface area contributed by atoms with Crippen LogP contribution in [0, 0.1) is 0 Å². The van der Waals surface area contributed by atoms with Gasteiger partial charge in [-0.1, -0.05) is 18.2 Å². The first-order valence-electron chi connectivity index (χ1n) is 4.92. The molecule has 1 fully saturated rings. The molecule has 1 aliphatic heterocycles. The van der Waals surface area contributed by atoms with Gasteiger partial charge in [-0.25, -0.2) is 0 Å². The number of benzene rings is 1. The smallest absolute Gasteiger partial charge is 0.0980 e. The number of anilines is 1. The molecule has 1 aromatic rings. The third kappa shape index (κ3) is 2.05. The lowest BCUT2D eigenvalue weighted by atomic mass is 10.2. The molecule has 0 radical (unpaired) electrons. The van der Waals surface area contributed by atoms with Crippen LogP contribution >= 0.6 is 0 Å². The topological polar surface area (TPSA) is 32.7 Å². The van der Waals surface area contributed by atoms with Crippen molar-refractivity contribution in [2.75, 3.05) is 31.2 Å². The minimum atomic E-state index is -0.0380. The van der Waals surface area contributed by atoms with Gasteiger partial charge in [-0.05, 0) is 12.1 Å². The molecule has 2 rings (SSSR count). The molecule has 1 heterocycles. The van der Waals surface area contributed by atoms with Crippen LogP contribution in [0.15, 0.2) is 30.3 Å². The van der Waals surface area contributed by atoms with E-state index in [0.29, 0.717) is 6.61 Å². The molecule has 1 aromatic carbocycles. The van der Waals surface area contributed by atoms with Crippen LogP contribution in [0.4, 0.5) is 5.69 Å². The Bertz CT molecular complexity index is 276. The van der Waals surface area contributed by atoms with Crippen molar-refractivity contribution in [3.05, 3.63) is 30.3 Å². The number of aliphatic hydroxyl groups is 1. The van der Waals surface area contributed by atoms with Gasteiger partial charge in [-0.3, -0.25) is 0 Å². The third-order valence-corrected chi connectivity index (χ3v) is 2.46. The van der Waals surface area contributed by atoms with E-state index in [1.807, 2.05) is 18.2 Å². The molecular formula is C11H15NO2. The van der Waals surface area contributed by atoms with Crippen LogP contribution in [0.3, 0.4) is 0 Å². The Balaban J connectivity index is 2.04. The summed E-state index contributed by atoms with van der Waals surface area (Å²) in [5, 5.41) is 9.00. The van der Waals surface area contributed by atoms with E-state index < -0.39 is 0 Å². The normalized spacial score (nSPS) is 22.4. The first-order chi connectivity index (χ1) is 6.90. The second kappa shape index (κ2) is 4.44. The van der Waals surface area contributed by atoms with Crippen LogP contribution in [0.1, 0.15) is 0 Å². The molecule has 0 saturated carbocycles. The standard InChI is InChI=1S/C11H15NO2/c13-9-11-8-12(6-7-14-11)10-4-2-1-3-5-10/h1-5,11,13H,6-9H2. The van der Waals surface area contributed by atoms with Gasteiger partial charge in [0.2, 0.25) is 0 Å². The van der Waals surface area contributed by atoms with Gasteiger partial charge in [0.1, 0.15) is 0 Å². The van der Waals surface area contributed by atoms with Gasteiger partial charge >= 0.3 is 0 Å². The second-order valence-corrected chi connectivity index (χ2v) is 3.46. The summed E-state index contributed by atoms with van der Waals surface area (Å²) in [5.41, 5.74) is 1.20. The molecular weight excluding hydrogens is 178 g/mol. The summed E-state index contributed by atoms with van der Waals surface area (Å²) in [6.45, 7) is 2.48. The molecule has 1 N–H and O–H groups in total. The zero-order chi connectivity index (χ0) is 9.80. The second-order valence-electron chi connectivity index (χ2n) is 3.46. The molecule has 0 spiro atoms. The van der Waals surface area contributed by atoms with Gasteiger partial charge in [-0.15, -0.1) is 0 Å². The van der Waals surface area contributed by atoms with E-state index in [0.717, 1.165) is 13.1 Å². The van der Waals surface area contributed by atoms with Gasteiger partial charge < -0.3 is 14.7 Å². The number of rotatable bonds is 2. The molecule has 0 bridgehead atoms. The summed E-state index contributed by atoms with van der Waals surface area (Å²) in [5.74, 6) is 0. The first kappa shape index (κ1) is 9.49. The Morgan fingerprint density at radius 3 is 2.86 bits per heavy atom. The lowest BCUT2D eigenvalue weighted by molar-refractivity contribution is 0.00357. The maximum Gasteiger partial charge on any atom is 0.0980 e. The molecule has 0 amide bonds. The summed E-state index contributed by atoms with van der Waals surface area (Å²) in [6, 6.07) is 10.2. The quantitative estimate of drug-likeness (QED) is 0.757. The lowest BCUT2D eigenvalue weighted by Gasteiger charge is -2.33. The van der Waals surface area contributed by atoms with Gasteiger partial charge in [-0.2, -0.15) is 0 Å². The van der Waals surface area contributed by atoms with Crippen molar-refractivity contribution in [2.24, 2.45) is 0 Å². The molecule has 14 heavy (non-hydrogen) atoms. The minimum absolute atomic E-state index is 0.0380. The summed E-state index contributed by atoms with van der Waals surface area (Å²) < 4.78 is 5.39. The summed E-state index contributed by atoms with van der Waals surface area (Å²) in [7, 11) is 0. The Morgan fingerprint density at radius 2 is 2.14 bits per heavy atom. The van der Waals surface area contributed by atoms with Crippen molar-refractivity contribution < 1.29 is 9.84 Å². The number of aliphatic hydroxyl groups excluding tert-OH is 1. The maximum absolute atomic E-state index is 9.00. The molecule has 1 unspecified atom stereocenters.